The van der Waals surface area contributed by atoms with Gasteiger partial charge < -0.3 is 14.9 Å². The minimum Gasteiger partial charge on any atom is -0.481 e. The molecular formula is C11H14N4O3. The lowest BCUT2D eigenvalue weighted by Gasteiger charge is -2.24. The van der Waals surface area contributed by atoms with Crippen LogP contribution < -0.4 is 5.32 Å². The lowest BCUT2D eigenvalue weighted by Crippen LogP contribution is -2.34. The van der Waals surface area contributed by atoms with E-state index in [4.69, 9.17) is 9.63 Å². The van der Waals surface area contributed by atoms with Crippen LogP contribution in [0.15, 0.2) is 10.9 Å². The maximum atomic E-state index is 10.8. The molecule has 0 fully saturated rings. The third-order valence-corrected chi connectivity index (χ3v) is 2.49. The van der Waals surface area contributed by atoms with Crippen LogP contribution in [0.4, 0.5) is 5.82 Å². The number of nitrogens with zero attached hydrogens (tertiary/aromatic N) is 3. The second-order valence-electron chi connectivity index (χ2n) is 4.75. The molecule has 7 nitrogen and oxygen atoms in total. The predicted octanol–water partition coefficient (Wildman–Crippen LogP) is 1.59. The fourth-order valence-electron chi connectivity index (χ4n) is 1.76. The van der Waals surface area contributed by atoms with Gasteiger partial charge in [-0.2, -0.15) is 4.98 Å². The highest BCUT2D eigenvalue weighted by molar-refractivity contribution is 5.87. The Morgan fingerprint density at radius 2 is 2.22 bits per heavy atom. The maximum absolute atomic E-state index is 10.8. The van der Waals surface area contributed by atoms with Gasteiger partial charge in [-0.1, -0.05) is 5.16 Å². The molecule has 18 heavy (non-hydrogen) atoms. The molecule has 0 bridgehead atoms. The number of rotatable bonds is 4. The summed E-state index contributed by atoms with van der Waals surface area (Å²) < 4.78 is 5.03. The number of carbonyl (C=O) groups is 1. The summed E-state index contributed by atoms with van der Waals surface area (Å²) in [6.45, 7) is 5.36. The van der Waals surface area contributed by atoms with Crippen molar-refractivity contribution in [1.82, 2.24) is 15.1 Å². The Morgan fingerprint density at radius 3 is 2.89 bits per heavy atom. The second-order valence-corrected chi connectivity index (χ2v) is 4.75. The Balaban J connectivity index is 2.37. The van der Waals surface area contributed by atoms with Crippen LogP contribution in [-0.2, 0) is 4.79 Å². The van der Waals surface area contributed by atoms with Crippen molar-refractivity contribution in [2.75, 3.05) is 5.32 Å². The van der Waals surface area contributed by atoms with Crippen molar-refractivity contribution in [3.8, 4) is 0 Å². The number of nitrogens with one attached hydrogen (secondary N) is 1. The first-order valence-electron chi connectivity index (χ1n) is 5.46. The van der Waals surface area contributed by atoms with Gasteiger partial charge in [0.1, 0.15) is 17.5 Å². The van der Waals surface area contributed by atoms with Crippen molar-refractivity contribution in [2.45, 2.75) is 32.7 Å². The molecule has 2 rings (SSSR count). The highest BCUT2D eigenvalue weighted by Crippen LogP contribution is 2.25. The van der Waals surface area contributed by atoms with E-state index >= 15 is 0 Å². The molecule has 0 radical (unpaired) electrons. The van der Waals surface area contributed by atoms with Gasteiger partial charge >= 0.3 is 5.97 Å². The fourth-order valence-corrected chi connectivity index (χ4v) is 1.76. The lowest BCUT2D eigenvalue weighted by molar-refractivity contribution is -0.137. The van der Waals surface area contributed by atoms with Crippen LogP contribution in [0.25, 0.3) is 11.1 Å². The molecule has 0 aliphatic rings. The molecule has 0 unspecified atom stereocenters. The van der Waals surface area contributed by atoms with Crippen molar-refractivity contribution in [1.29, 1.82) is 0 Å². The van der Waals surface area contributed by atoms with Crippen molar-refractivity contribution in [2.24, 2.45) is 0 Å². The zero-order valence-corrected chi connectivity index (χ0v) is 10.4. The van der Waals surface area contributed by atoms with E-state index in [9.17, 15) is 4.79 Å². The molecule has 96 valence electrons. The van der Waals surface area contributed by atoms with E-state index in [1.165, 1.54) is 6.33 Å². The number of hydrogen-bond donors (Lipinski definition) is 2. The van der Waals surface area contributed by atoms with Crippen molar-refractivity contribution < 1.29 is 14.4 Å². The van der Waals surface area contributed by atoms with Gasteiger partial charge in [0.25, 0.3) is 5.71 Å². The topological polar surface area (TPSA) is 101 Å². The van der Waals surface area contributed by atoms with Crippen LogP contribution in [0.2, 0.25) is 0 Å². The van der Waals surface area contributed by atoms with E-state index < -0.39 is 11.5 Å². The molecule has 0 atom stereocenters. The lowest BCUT2D eigenvalue weighted by atomic mass is 10.0. The SMILES string of the molecule is Cc1noc2ncnc(NC(C)(C)CC(=O)O)c12. The third-order valence-electron chi connectivity index (χ3n) is 2.49. The minimum absolute atomic E-state index is 0.0250. The zero-order chi connectivity index (χ0) is 13.3. The first-order valence-corrected chi connectivity index (χ1v) is 5.46. The number of anilines is 1. The van der Waals surface area contributed by atoms with E-state index in [0.29, 0.717) is 22.6 Å². The van der Waals surface area contributed by atoms with E-state index in [-0.39, 0.29) is 6.42 Å². The molecule has 0 saturated carbocycles. The average molecular weight is 250 g/mol. The molecule has 2 aromatic heterocycles. The largest absolute Gasteiger partial charge is 0.481 e. The number of hydrogen-bond acceptors (Lipinski definition) is 6. The Bertz CT molecular complexity index is 591. The number of aryl methyl sites for hydroxylation is 1. The Hall–Kier alpha value is -2.18. The molecule has 2 aromatic rings. The Labute approximate surface area is 103 Å². The average Bonchev–Trinajstić information content (AvgIpc) is 2.59. The fraction of sp³-hybridized carbons (Fsp3) is 0.455. The number of carboxylic acid groups (broad SMARTS) is 1. The first-order chi connectivity index (χ1) is 8.39. The number of fused-ring (bicyclic) bond motifs is 1. The molecule has 7 heteroatoms. The summed E-state index contributed by atoms with van der Waals surface area (Å²) in [6.07, 6.45) is 1.33. The van der Waals surface area contributed by atoms with Gasteiger partial charge in [-0.05, 0) is 20.8 Å². The molecule has 2 heterocycles. The van der Waals surface area contributed by atoms with Crippen molar-refractivity contribution in [3.05, 3.63) is 12.0 Å². The molecule has 0 aliphatic heterocycles. The zero-order valence-electron chi connectivity index (χ0n) is 10.4. The number of aromatic nitrogens is 3. The quantitative estimate of drug-likeness (QED) is 0.849. The van der Waals surface area contributed by atoms with E-state index in [0.717, 1.165) is 0 Å². The summed E-state index contributed by atoms with van der Waals surface area (Å²) in [5.41, 5.74) is 0.423. The summed E-state index contributed by atoms with van der Waals surface area (Å²) >= 11 is 0. The maximum Gasteiger partial charge on any atom is 0.305 e. The van der Waals surface area contributed by atoms with E-state index in [2.05, 4.69) is 20.4 Å². The molecule has 2 N–H and O–H groups in total. The predicted molar refractivity (Wildman–Crippen MR) is 64.3 cm³/mol. The van der Waals surface area contributed by atoms with Crippen LogP contribution in [0.3, 0.4) is 0 Å². The summed E-state index contributed by atoms with van der Waals surface area (Å²) in [5.74, 6) is -0.343. The van der Waals surface area contributed by atoms with Gasteiger partial charge in [0.15, 0.2) is 0 Å². The van der Waals surface area contributed by atoms with Crippen LogP contribution in [0, 0.1) is 6.92 Å². The standard InChI is InChI=1S/C11H14N4O3/c1-6-8-9(12-5-13-10(8)18-15-6)14-11(2,3)4-7(16)17/h5H,4H2,1-3H3,(H,16,17)(H,12,13,14). The smallest absolute Gasteiger partial charge is 0.305 e. The van der Waals surface area contributed by atoms with Crippen LogP contribution >= 0.6 is 0 Å². The normalized spacial score (nSPS) is 11.7. The molecule has 0 aromatic carbocycles. The number of aliphatic carboxylic acids is 1. The van der Waals surface area contributed by atoms with Gasteiger partial charge in [-0.15, -0.1) is 0 Å². The second kappa shape index (κ2) is 4.25. The molecule has 0 spiro atoms. The van der Waals surface area contributed by atoms with E-state index in [1.807, 2.05) is 0 Å². The summed E-state index contributed by atoms with van der Waals surface area (Å²) in [5, 5.41) is 16.4. The molecule has 0 saturated heterocycles. The monoisotopic (exact) mass is 250 g/mol. The van der Waals surface area contributed by atoms with E-state index in [1.54, 1.807) is 20.8 Å². The van der Waals surface area contributed by atoms with Crippen LogP contribution in [0.5, 0.6) is 0 Å². The van der Waals surface area contributed by atoms with Gasteiger partial charge in [-0.3, -0.25) is 4.79 Å². The molecule has 0 aliphatic carbocycles. The molecule has 0 amide bonds. The highest BCUT2D eigenvalue weighted by atomic mass is 16.5. The Morgan fingerprint density at radius 1 is 1.50 bits per heavy atom. The van der Waals surface area contributed by atoms with Gasteiger partial charge in [0.2, 0.25) is 0 Å². The van der Waals surface area contributed by atoms with Gasteiger partial charge in [-0.25, -0.2) is 4.98 Å². The summed E-state index contributed by atoms with van der Waals surface area (Å²) in [4.78, 5) is 18.9. The number of carboxylic acids is 1. The highest BCUT2D eigenvalue weighted by Gasteiger charge is 2.24. The van der Waals surface area contributed by atoms with Crippen LogP contribution in [0.1, 0.15) is 26.0 Å². The molecular weight excluding hydrogens is 236 g/mol. The Kier molecular flexibility index (Phi) is 2.90. The van der Waals surface area contributed by atoms with Gasteiger partial charge in [0, 0.05) is 5.54 Å². The van der Waals surface area contributed by atoms with Gasteiger partial charge in [0.05, 0.1) is 12.1 Å². The third kappa shape index (κ3) is 2.39. The first kappa shape index (κ1) is 12.3. The minimum atomic E-state index is -0.875. The summed E-state index contributed by atoms with van der Waals surface area (Å²) in [7, 11) is 0. The van der Waals surface area contributed by atoms with Crippen LogP contribution in [-0.4, -0.2) is 31.7 Å². The van der Waals surface area contributed by atoms with Crippen molar-refractivity contribution in [3.63, 3.8) is 0 Å². The van der Waals surface area contributed by atoms with Crippen molar-refractivity contribution >= 4 is 22.9 Å². The summed E-state index contributed by atoms with van der Waals surface area (Å²) in [6, 6.07) is 0.